The van der Waals surface area contributed by atoms with E-state index in [0.29, 0.717) is 13.0 Å². The monoisotopic (exact) mass is 220 g/mol. The summed E-state index contributed by atoms with van der Waals surface area (Å²) in [6.45, 7) is 0.564. The van der Waals surface area contributed by atoms with E-state index in [4.69, 9.17) is 39.5 Å². The second kappa shape index (κ2) is 2.91. The molecule has 0 amide bonds. The summed E-state index contributed by atoms with van der Waals surface area (Å²) in [5, 5.41) is 0. The van der Waals surface area contributed by atoms with E-state index in [-0.39, 0.29) is 0 Å². The van der Waals surface area contributed by atoms with Gasteiger partial charge in [-0.25, -0.2) is 0 Å². The van der Waals surface area contributed by atoms with E-state index in [1.54, 1.807) is 0 Å². The van der Waals surface area contributed by atoms with Gasteiger partial charge in [-0.3, -0.25) is 0 Å². The van der Waals surface area contributed by atoms with Crippen LogP contribution in [0, 0.1) is 0 Å². The summed E-state index contributed by atoms with van der Waals surface area (Å²) >= 11 is 21.3. The summed E-state index contributed by atoms with van der Waals surface area (Å²) in [5.41, 5.74) is 0. The molecule has 10 heavy (non-hydrogen) atoms. The summed E-state index contributed by atoms with van der Waals surface area (Å²) in [7, 11) is 0. The molecule has 5 heteroatoms. The van der Waals surface area contributed by atoms with E-state index in [1.165, 1.54) is 0 Å². The molecule has 0 aromatic heterocycles. The average Bonchev–Trinajstić information content (AvgIpc) is 1.77. The molecule has 1 nitrogen and oxygen atoms in total. The van der Waals surface area contributed by atoms with Gasteiger partial charge in [0.1, 0.15) is 0 Å². The first-order valence-corrected chi connectivity index (χ1v) is 4.47. The van der Waals surface area contributed by atoms with E-state index < -0.39 is 8.73 Å². The van der Waals surface area contributed by atoms with Crippen LogP contribution in [-0.2, 0) is 4.74 Å². The Morgan fingerprint density at radius 2 is 1.90 bits per heavy atom. The van der Waals surface area contributed by atoms with Gasteiger partial charge in [-0.2, -0.15) is 0 Å². The van der Waals surface area contributed by atoms with E-state index in [2.05, 4.69) is 12.6 Å². The van der Waals surface area contributed by atoms with Gasteiger partial charge < -0.3 is 4.74 Å². The lowest BCUT2D eigenvalue weighted by Crippen LogP contribution is -2.43. The van der Waals surface area contributed by atoms with Crippen molar-refractivity contribution in [3.05, 3.63) is 0 Å². The predicted octanol–water partition coefficient (Wildman–Crippen LogP) is 2.79. The fourth-order valence-electron chi connectivity index (χ4n) is 0.761. The molecule has 1 atom stereocenters. The van der Waals surface area contributed by atoms with Crippen LogP contribution in [0.2, 0.25) is 0 Å². The molecule has 1 aliphatic rings. The lowest BCUT2D eigenvalue weighted by atomic mass is 10.2. The van der Waals surface area contributed by atoms with Gasteiger partial charge in [0.2, 0.25) is 4.39 Å². The molecule has 0 bridgehead atoms. The second-order valence-corrected chi connectivity index (χ2v) is 5.13. The molecule has 0 N–H and O–H groups in total. The SMILES string of the molecule is SC1(Cl)OCCCC1(Cl)Cl. The fourth-order valence-corrected chi connectivity index (χ4v) is 1.51. The van der Waals surface area contributed by atoms with Crippen LogP contribution < -0.4 is 0 Å². The van der Waals surface area contributed by atoms with Crippen molar-refractivity contribution in [1.29, 1.82) is 0 Å². The minimum atomic E-state index is -1.23. The standard InChI is InChI=1S/C5H7Cl3OS/c6-4(7)2-1-3-9-5(4,8)10/h10H,1-3H2. The van der Waals surface area contributed by atoms with Crippen molar-refractivity contribution < 1.29 is 4.74 Å². The largest absolute Gasteiger partial charge is 0.348 e. The molecule has 0 aromatic rings. The van der Waals surface area contributed by atoms with Crippen molar-refractivity contribution in [2.24, 2.45) is 0 Å². The molecule has 0 saturated carbocycles. The quantitative estimate of drug-likeness (QED) is 0.489. The third kappa shape index (κ3) is 1.67. The lowest BCUT2D eigenvalue weighted by molar-refractivity contribution is 0.0388. The number of thiol groups is 1. The van der Waals surface area contributed by atoms with Crippen LogP contribution in [0.15, 0.2) is 0 Å². The third-order valence-electron chi connectivity index (χ3n) is 1.38. The highest BCUT2D eigenvalue weighted by atomic mass is 35.5. The molecule has 0 aliphatic carbocycles. The van der Waals surface area contributed by atoms with Crippen molar-refractivity contribution in [3.63, 3.8) is 0 Å². The molecule has 0 spiro atoms. The maximum Gasteiger partial charge on any atom is 0.219 e. The topological polar surface area (TPSA) is 9.23 Å². The van der Waals surface area contributed by atoms with Crippen molar-refractivity contribution in [3.8, 4) is 0 Å². The van der Waals surface area contributed by atoms with Gasteiger partial charge in [0, 0.05) is 6.61 Å². The molecule has 1 heterocycles. The number of hydrogen-bond acceptors (Lipinski definition) is 2. The second-order valence-electron chi connectivity index (χ2n) is 2.22. The summed E-state index contributed by atoms with van der Waals surface area (Å²) in [4.78, 5) is 0. The molecule has 0 aromatic carbocycles. The molecule has 1 aliphatic heterocycles. The van der Waals surface area contributed by atoms with E-state index in [1.807, 2.05) is 0 Å². The zero-order chi connectivity index (χ0) is 7.83. The molecule has 1 fully saturated rings. The van der Waals surface area contributed by atoms with E-state index >= 15 is 0 Å². The summed E-state index contributed by atoms with van der Waals surface area (Å²) in [6, 6.07) is 0. The van der Waals surface area contributed by atoms with E-state index in [0.717, 1.165) is 6.42 Å². The Bertz CT molecular complexity index is 121. The van der Waals surface area contributed by atoms with Crippen LogP contribution in [-0.4, -0.2) is 15.3 Å². The van der Waals surface area contributed by atoms with Crippen LogP contribution in [0.4, 0.5) is 0 Å². The van der Waals surface area contributed by atoms with Gasteiger partial charge in [0.05, 0.1) is 0 Å². The van der Waals surface area contributed by atoms with Gasteiger partial charge in [-0.15, -0.1) is 12.6 Å². The molecular formula is C5H7Cl3OS. The molecular weight excluding hydrogens is 214 g/mol. The summed E-state index contributed by atoms with van der Waals surface area (Å²) in [6.07, 6.45) is 1.44. The van der Waals surface area contributed by atoms with Crippen LogP contribution in [0.1, 0.15) is 12.8 Å². The van der Waals surface area contributed by atoms with Gasteiger partial charge in [-0.05, 0) is 12.8 Å². The van der Waals surface area contributed by atoms with Crippen LogP contribution >= 0.6 is 47.4 Å². The zero-order valence-corrected chi connectivity index (χ0v) is 8.27. The minimum Gasteiger partial charge on any atom is -0.348 e. The zero-order valence-electron chi connectivity index (χ0n) is 5.11. The Labute approximate surface area is 80.4 Å². The van der Waals surface area contributed by atoms with E-state index in [9.17, 15) is 0 Å². The third-order valence-corrected chi connectivity index (χ3v) is 3.69. The Balaban J connectivity index is 2.70. The molecule has 1 saturated heterocycles. The lowest BCUT2D eigenvalue weighted by Gasteiger charge is -2.37. The van der Waals surface area contributed by atoms with Crippen LogP contribution in [0.5, 0.6) is 0 Å². The summed E-state index contributed by atoms with van der Waals surface area (Å²) in [5.74, 6) is 0. The predicted molar refractivity (Wildman–Crippen MR) is 47.2 cm³/mol. The summed E-state index contributed by atoms with van der Waals surface area (Å²) < 4.78 is 2.74. The number of hydrogen-bond donors (Lipinski definition) is 1. The molecule has 1 rings (SSSR count). The van der Waals surface area contributed by atoms with Crippen molar-refractivity contribution >= 4 is 47.4 Å². The Morgan fingerprint density at radius 1 is 1.30 bits per heavy atom. The Kier molecular flexibility index (Phi) is 2.69. The highest BCUT2D eigenvalue weighted by molar-refractivity contribution is 7.83. The van der Waals surface area contributed by atoms with Crippen molar-refractivity contribution in [2.45, 2.75) is 21.6 Å². The van der Waals surface area contributed by atoms with Crippen LogP contribution in [0.25, 0.3) is 0 Å². The van der Waals surface area contributed by atoms with Crippen molar-refractivity contribution in [2.75, 3.05) is 6.61 Å². The Morgan fingerprint density at radius 3 is 2.20 bits per heavy atom. The number of alkyl halides is 3. The first-order chi connectivity index (χ1) is 4.46. The minimum absolute atomic E-state index is 0.564. The average molecular weight is 222 g/mol. The highest BCUT2D eigenvalue weighted by Crippen LogP contribution is 2.48. The van der Waals surface area contributed by atoms with Crippen LogP contribution in [0.3, 0.4) is 0 Å². The maximum atomic E-state index is 5.80. The smallest absolute Gasteiger partial charge is 0.219 e. The Hall–Kier alpha value is 1.18. The normalized spacial score (nSPS) is 39.6. The maximum absolute atomic E-state index is 5.80. The molecule has 1 unspecified atom stereocenters. The number of halogens is 3. The highest BCUT2D eigenvalue weighted by Gasteiger charge is 2.48. The molecule has 0 radical (unpaired) electrons. The van der Waals surface area contributed by atoms with Gasteiger partial charge >= 0.3 is 0 Å². The fraction of sp³-hybridized carbons (Fsp3) is 1.00. The molecule has 60 valence electrons. The van der Waals surface area contributed by atoms with Gasteiger partial charge in [0.15, 0.2) is 4.33 Å². The first-order valence-electron chi connectivity index (χ1n) is 2.89. The number of ether oxygens (including phenoxy) is 1. The number of rotatable bonds is 0. The van der Waals surface area contributed by atoms with Gasteiger partial charge in [-0.1, -0.05) is 34.8 Å². The van der Waals surface area contributed by atoms with Crippen molar-refractivity contribution in [1.82, 2.24) is 0 Å². The first kappa shape index (κ1) is 9.27. The van der Waals surface area contributed by atoms with Gasteiger partial charge in [0.25, 0.3) is 0 Å².